The van der Waals surface area contributed by atoms with Gasteiger partial charge in [0.1, 0.15) is 0 Å². The van der Waals surface area contributed by atoms with Gasteiger partial charge in [-0.3, -0.25) is 4.99 Å². The van der Waals surface area contributed by atoms with Crippen LogP contribution in [0.1, 0.15) is 45.1 Å². The maximum atomic E-state index is 4.82. The molecule has 5 unspecified atom stereocenters. The van der Waals surface area contributed by atoms with Gasteiger partial charge in [0, 0.05) is 36.8 Å². The zero-order valence-electron chi connectivity index (χ0n) is 16.0. The van der Waals surface area contributed by atoms with Gasteiger partial charge in [0.25, 0.3) is 0 Å². The molecule has 0 radical (unpaired) electrons. The van der Waals surface area contributed by atoms with Crippen LogP contribution in [0.2, 0.25) is 0 Å². The molecule has 2 aliphatic heterocycles. The molecule has 136 valence electrons. The predicted octanol–water partition coefficient (Wildman–Crippen LogP) is 4.93. The summed E-state index contributed by atoms with van der Waals surface area (Å²) in [6.45, 7) is 5.95. The highest BCUT2D eigenvalue weighted by atomic mass is 15.0. The summed E-state index contributed by atoms with van der Waals surface area (Å²) < 4.78 is 0. The zero-order chi connectivity index (χ0) is 17.7. The smallest absolute Gasteiger partial charge is 0.0445 e. The molecule has 0 amide bonds. The minimum absolute atomic E-state index is 0.277. The molecule has 1 saturated heterocycles. The largest absolute Gasteiger partial charge is 0.385 e. The second-order valence-corrected chi connectivity index (χ2v) is 9.24. The molecule has 1 aromatic carbocycles. The molecule has 2 fully saturated rings. The fraction of sp³-hybridized carbons (Fsp3) is 0.542. The summed E-state index contributed by atoms with van der Waals surface area (Å²) in [5.74, 6) is 2.10. The van der Waals surface area contributed by atoms with Crippen molar-refractivity contribution in [3.05, 3.63) is 58.8 Å². The lowest BCUT2D eigenvalue weighted by Crippen LogP contribution is -2.45. The average Bonchev–Trinajstić information content (AvgIpc) is 3.00. The molecular formula is C24H30N2. The van der Waals surface area contributed by atoms with E-state index in [1.807, 2.05) is 0 Å². The van der Waals surface area contributed by atoms with Crippen LogP contribution in [0.4, 0.5) is 0 Å². The summed E-state index contributed by atoms with van der Waals surface area (Å²) in [5.41, 5.74) is 6.56. The molecule has 2 heterocycles. The first-order chi connectivity index (χ1) is 12.6. The molecule has 4 aliphatic rings. The van der Waals surface area contributed by atoms with Crippen LogP contribution in [-0.4, -0.2) is 18.8 Å². The number of aryl methyl sites for hydroxylation is 1. The maximum Gasteiger partial charge on any atom is 0.0445 e. The lowest BCUT2D eigenvalue weighted by molar-refractivity contribution is 0.122. The Morgan fingerprint density at radius 1 is 1.23 bits per heavy atom. The van der Waals surface area contributed by atoms with Gasteiger partial charge in [-0.05, 0) is 60.1 Å². The number of rotatable bonds is 3. The first kappa shape index (κ1) is 16.4. The van der Waals surface area contributed by atoms with Gasteiger partial charge in [0.05, 0.1) is 0 Å². The van der Waals surface area contributed by atoms with Crippen molar-refractivity contribution in [1.29, 1.82) is 0 Å². The number of fused-ring (bicyclic) bond motifs is 2. The summed E-state index contributed by atoms with van der Waals surface area (Å²) in [5, 5.41) is 4.01. The molecule has 2 aliphatic carbocycles. The van der Waals surface area contributed by atoms with E-state index in [1.165, 1.54) is 36.9 Å². The minimum atomic E-state index is 0.277. The Bertz CT molecular complexity index is 788. The highest BCUT2D eigenvalue weighted by Crippen LogP contribution is 2.53. The molecular weight excluding hydrogens is 316 g/mol. The van der Waals surface area contributed by atoms with Gasteiger partial charge < -0.3 is 5.32 Å². The molecule has 5 rings (SSSR count). The number of aliphatic imine (C=N–C) groups is 1. The van der Waals surface area contributed by atoms with Gasteiger partial charge >= 0.3 is 0 Å². The van der Waals surface area contributed by atoms with Crippen LogP contribution in [0.5, 0.6) is 0 Å². The zero-order valence-corrected chi connectivity index (χ0v) is 16.0. The molecule has 26 heavy (non-hydrogen) atoms. The maximum absolute atomic E-state index is 4.82. The molecule has 0 aromatic heterocycles. The Labute approximate surface area is 157 Å². The van der Waals surface area contributed by atoms with E-state index < -0.39 is 0 Å². The van der Waals surface area contributed by atoms with Gasteiger partial charge in [-0.15, -0.1) is 0 Å². The third-order valence-corrected chi connectivity index (χ3v) is 7.72. The quantitative estimate of drug-likeness (QED) is 0.824. The first-order valence-electron chi connectivity index (χ1n) is 10.4. The van der Waals surface area contributed by atoms with E-state index in [0.717, 1.165) is 18.9 Å². The van der Waals surface area contributed by atoms with Crippen LogP contribution in [0, 0.1) is 23.2 Å². The van der Waals surface area contributed by atoms with Crippen molar-refractivity contribution >= 4 is 6.21 Å². The lowest BCUT2D eigenvalue weighted by atomic mass is 9.61. The van der Waals surface area contributed by atoms with E-state index in [9.17, 15) is 0 Å². The molecule has 1 N–H and O–H groups in total. The van der Waals surface area contributed by atoms with Crippen molar-refractivity contribution in [1.82, 2.24) is 5.32 Å². The lowest BCUT2D eigenvalue weighted by Gasteiger charge is -2.44. The van der Waals surface area contributed by atoms with E-state index in [1.54, 1.807) is 11.1 Å². The van der Waals surface area contributed by atoms with Crippen LogP contribution in [0.3, 0.4) is 0 Å². The van der Waals surface area contributed by atoms with Crippen molar-refractivity contribution in [2.45, 2.75) is 52.0 Å². The van der Waals surface area contributed by atoms with Gasteiger partial charge in [-0.25, -0.2) is 0 Å². The number of benzene rings is 1. The summed E-state index contributed by atoms with van der Waals surface area (Å²) in [6, 6.07) is 11.6. The van der Waals surface area contributed by atoms with Gasteiger partial charge in [-0.2, -0.15) is 0 Å². The monoisotopic (exact) mass is 346 g/mol. The molecule has 1 saturated carbocycles. The fourth-order valence-electron chi connectivity index (χ4n) is 5.95. The first-order valence-corrected chi connectivity index (χ1v) is 10.4. The molecule has 4 bridgehead atoms. The summed E-state index contributed by atoms with van der Waals surface area (Å²) in [7, 11) is 0. The van der Waals surface area contributed by atoms with Crippen LogP contribution in [-0.2, 0) is 6.42 Å². The van der Waals surface area contributed by atoms with Gasteiger partial charge in [-0.1, -0.05) is 49.8 Å². The second-order valence-electron chi connectivity index (χ2n) is 9.24. The van der Waals surface area contributed by atoms with E-state index in [2.05, 4.69) is 61.8 Å². The number of nitrogens with zero attached hydrogens (tertiary/aromatic N) is 1. The Kier molecular flexibility index (Phi) is 3.84. The predicted molar refractivity (Wildman–Crippen MR) is 108 cm³/mol. The van der Waals surface area contributed by atoms with Gasteiger partial charge in [0.2, 0.25) is 0 Å². The van der Waals surface area contributed by atoms with E-state index >= 15 is 0 Å². The average molecular weight is 347 g/mol. The van der Waals surface area contributed by atoms with Crippen molar-refractivity contribution in [3.63, 3.8) is 0 Å². The molecule has 2 heteroatoms. The summed E-state index contributed by atoms with van der Waals surface area (Å²) in [6.07, 6.45) is 10.7. The summed E-state index contributed by atoms with van der Waals surface area (Å²) >= 11 is 0. The van der Waals surface area contributed by atoms with E-state index in [-0.39, 0.29) is 5.41 Å². The minimum Gasteiger partial charge on any atom is -0.385 e. The topological polar surface area (TPSA) is 24.4 Å². The van der Waals surface area contributed by atoms with Crippen LogP contribution in [0.15, 0.2) is 58.2 Å². The fourth-order valence-corrected chi connectivity index (χ4v) is 5.95. The third kappa shape index (κ3) is 2.57. The third-order valence-electron chi connectivity index (χ3n) is 7.72. The van der Waals surface area contributed by atoms with Crippen LogP contribution in [0.25, 0.3) is 0 Å². The second kappa shape index (κ2) is 6.11. The normalized spacial score (nSPS) is 37.7. The van der Waals surface area contributed by atoms with Crippen LogP contribution >= 0.6 is 0 Å². The van der Waals surface area contributed by atoms with Crippen LogP contribution < -0.4 is 5.32 Å². The Morgan fingerprint density at radius 2 is 2.08 bits per heavy atom. The number of nitrogens with one attached hydrogen (secondary N) is 1. The number of hydrogen-bond acceptors (Lipinski definition) is 2. The highest BCUT2D eigenvalue weighted by Gasteiger charge is 2.50. The number of hydrogen-bond donors (Lipinski definition) is 1. The molecule has 0 spiro atoms. The van der Waals surface area contributed by atoms with Gasteiger partial charge in [0.15, 0.2) is 0 Å². The van der Waals surface area contributed by atoms with E-state index in [0.29, 0.717) is 17.9 Å². The number of allylic oxidation sites excluding steroid dienone is 4. The molecule has 1 aromatic rings. The Hall–Kier alpha value is -1.83. The van der Waals surface area contributed by atoms with Crippen molar-refractivity contribution in [2.24, 2.45) is 28.2 Å². The van der Waals surface area contributed by atoms with Crippen molar-refractivity contribution in [2.75, 3.05) is 6.54 Å². The Balaban J connectivity index is 1.49. The summed E-state index contributed by atoms with van der Waals surface area (Å²) in [4.78, 5) is 4.82. The standard InChI is InChI=1S/C24H30N2/c1-16-23-20(9-8-17-6-4-3-5-7-17)21-12-19-14-24(16,2)15-25-11-10-18(19)13-22(21)26-23/h3-7,11,13,16,20-21,23,26H,8-10,12,14-15H2,1-2H3. The van der Waals surface area contributed by atoms with Crippen molar-refractivity contribution < 1.29 is 0 Å². The highest BCUT2D eigenvalue weighted by molar-refractivity contribution is 5.64. The SMILES string of the molecule is CC1C2NC3=CC4=C(CC3C2CCc2ccccc2)CC1(C)CN=CC4. The van der Waals surface area contributed by atoms with E-state index in [4.69, 9.17) is 4.99 Å². The molecule has 2 nitrogen and oxygen atoms in total. The molecule has 5 atom stereocenters. The Morgan fingerprint density at radius 3 is 2.92 bits per heavy atom. The van der Waals surface area contributed by atoms with Crippen molar-refractivity contribution in [3.8, 4) is 0 Å².